The van der Waals surface area contributed by atoms with Crippen LogP contribution in [0, 0.1) is 5.92 Å². The fraction of sp³-hybridized carbons (Fsp3) is 0.290. The van der Waals surface area contributed by atoms with Crippen LogP contribution < -0.4 is 20.7 Å². The summed E-state index contributed by atoms with van der Waals surface area (Å²) in [5, 5.41) is 11.0. The Morgan fingerprint density at radius 2 is 1.43 bits per heavy atom. The quantitative estimate of drug-likeness (QED) is 0.275. The summed E-state index contributed by atoms with van der Waals surface area (Å²) in [5.41, 5.74) is -0.767. The van der Waals surface area contributed by atoms with Gasteiger partial charge in [0.25, 0.3) is 5.56 Å². The van der Waals surface area contributed by atoms with Crippen LogP contribution in [0.2, 0.25) is 0 Å². The Labute approximate surface area is 239 Å². The number of hydrogen-bond donors (Lipinski definition) is 2. The molecule has 0 saturated carbocycles. The van der Waals surface area contributed by atoms with Crippen LogP contribution in [0.15, 0.2) is 101 Å². The van der Waals surface area contributed by atoms with E-state index in [0.717, 1.165) is 22.4 Å². The maximum absolute atomic E-state index is 14.2. The van der Waals surface area contributed by atoms with E-state index in [-0.39, 0.29) is 6.61 Å². The highest BCUT2D eigenvalue weighted by atomic mass is 19.3. The molecule has 0 radical (unpaired) electrons. The van der Waals surface area contributed by atoms with E-state index in [4.69, 9.17) is 18.9 Å². The van der Waals surface area contributed by atoms with Crippen LogP contribution in [0.3, 0.4) is 0 Å². The standard InChI is InChI=1S/C31H30F2N2O7/c1-39-22-12-8-20(9-13-22)31(19-6-4-3-5-7-19,21-10-14-23(40-2)15-11-21)41-18-24-27(37)26(28(32)33)29(42-24)35-17-16-25(36)34-30(35)38/h3-17,24,26-29,37H,18H2,1-2H3,(H,34,36,38)/t24-,26-,27-,29-/m1/s1. The zero-order chi connectivity index (χ0) is 29.9. The molecule has 4 aromatic rings. The van der Waals surface area contributed by atoms with Gasteiger partial charge in [-0.3, -0.25) is 14.3 Å². The third-order valence-corrected chi connectivity index (χ3v) is 7.47. The zero-order valence-corrected chi connectivity index (χ0v) is 22.9. The molecule has 5 rings (SSSR count). The summed E-state index contributed by atoms with van der Waals surface area (Å²) in [7, 11) is 3.11. The van der Waals surface area contributed by atoms with Crippen molar-refractivity contribution in [2.45, 2.75) is 30.5 Å². The molecule has 3 aromatic carbocycles. The molecule has 1 aromatic heterocycles. The summed E-state index contributed by atoms with van der Waals surface area (Å²) < 4.78 is 52.6. The summed E-state index contributed by atoms with van der Waals surface area (Å²) in [6.07, 6.45) is -6.43. The Hall–Kier alpha value is -4.32. The van der Waals surface area contributed by atoms with E-state index in [9.17, 15) is 23.5 Å². The minimum absolute atomic E-state index is 0.327. The molecule has 0 aliphatic carbocycles. The Morgan fingerprint density at radius 1 is 0.881 bits per heavy atom. The predicted molar refractivity (Wildman–Crippen MR) is 149 cm³/mol. The number of hydrogen-bond acceptors (Lipinski definition) is 7. The van der Waals surface area contributed by atoms with Crippen LogP contribution in [0.1, 0.15) is 22.9 Å². The minimum atomic E-state index is -3.03. The number of rotatable bonds is 10. The number of benzene rings is 3. The lowest BCUT2D eigenvalue weighted by atomic mass is 9.80. The van der Waals surface area contributed by atoms with Crippen molar-refractivity contribution in [3.05, 3.63) is 129 Å². The number of nitrogens with zero attached hydrogens (tertiary/aromatic N) is 1. The lowest BCUT2D eigenvalue weighted by molar-refractivity contribution is -0.0963. The Morgan fingerprint density at radius 3 is 1.93 bits per heavy atom. The number of aliphatic hydroxyl groups is 1. The highest BCUT2D eigenvalue weighted by Crippen LogP contribution is 2.44. The molecule has 1 aliphatic rings. The molecule has 0 spiro atoms. The molecule has 2 heterocycles. The third-order valence-electron chi connectivity index (χ3n) is 7.47. The third kappa shape index (κ3) is 5.46. The number of H-pyrrole nitrogens is 1. The van der Waals surface area contributed by atoms with Crippen molar-refractivity contribution < 1.29 is 32.8 Å². The zero-order valence-electron chi connectivity index (χ0n) is 22.9. The van der Waals surface area contributed by atoms with Crippen molar-refractivity contribution in [1.29, 1.82) is 0 Å². The molecular weight excluding hydrogens is 550 g/mol. The molecule has 4 atom stereocenters. The summed E-state index contributed by atoms with van der Waals surface area (Å²) in [5.74, 6) is -0.506. The van der Waals surface area contributed by atoms with Gasteiger partial charge in [0.2, 0.25) is 6.43 Å². The molecule has 220 valence electrons. The van der Waals surface area contributed by atoms with Crippen molar-refractivity contribution in [1.82, 2.24) is 9.55 Å². The van der Waals surface area contributed by atoms with Crippen LogP contribution in [-0.4, -0.2) is 54.1 Å². The number of alkyl halides is 2. The molecule has 1 saturated heterocycles. The molecule has 0 unspecified atom stereocenters. The van der Waals surface area contributed by atoms with E-state index >= 15 is 0 Å². The second-order valence-corrected chi connectivity index (χ2v) is 9.80. The number of aromatic nitrogens is 2. The van der Waals surface area contributed by atoms with Gasteiger partial charge in [0, 0.05) is 12.3 Å². The van der Waals surface area contributed by atoms with Crippen LogP contribution in [0.4, 0.5) is 8.78 Å². The second kappa shape index (κ2) is 12.3. The van der Waals surface area contributed by atoms with Crippen LogP contribution >= 0.6 is 0 Å². The molecule has 11 heteroatoms. The van der Waals surface area contributed by atoms with Crippen molar-refractivity contribution in [2.75, 3.05) is 20.8 Å². The van der Waals surface area contributed by atoms with Crippen LogP contribution in [0.5, 0.6) is 11.5 Å². The van der Waals surface area contributed by atoms with Crippen LogP contribution in [-0.2, 0) is 15.1 Å². The van der Waals surface area contributed by atoms with Gasteiger partial charge in [-0.1, -0.05) is 54.6 Å². The fourth-order valence-electron chi connectivity index (χ4n) is 5.34. The fourth-order valence-corrected chi connectivity index (χ4v) is 5.34. The van der Waals surface area contributed by atoms with E-state index in [1.807, 2.05) is 59.6 Å². The first-order valence-corrected chi connectivity index (χ1v) is 13.2. The van der Waals surface area contributed by atoms with Gasteiger partial charge in [-0.2, -0.15) is 0 Å². The van der Waals surface area contributed by atoms with E-state index in [1.54, 1.807) is 38.5 Å². The highest BCUT2D eigenvalue weighted by Gasteiger charge is 2.51. The Kier molecular flexibility index (Phi) is 8.53. The number of aromatic amines is 1. The summed E-state index contributed by atoms with van der Waals surface area (Å²) in [4.78, 5) is 26.0. The van der Waals surface area contributed by atoms with E-state index < -0.39 is 47.6 Å². The maximum atomic E-state index is 14.2. The summed E-state index contributed by atoms with van der Waals surface area (Å²) in [6, 6.07) is 24.8. The van der Waals surface area contributed by atoms with Gasteiger partial charge in [0.1, 0.15) is 29.4 Å². The first kappa shape index (κ1) is 29.2. The van der Waals surface area contributed by atoms with Gasteiger partial charge < -0.3 is 24.1 Å². The number of nitrogens with one attached hydrogen (secondary N) is 1. The van der Waals surface area contributed by atoms with Gasteiger partial charge in [0.05, 0.1) is 32.8 Å². The molecule has 42 heavy (non-hydrogen) atoms. The monoisotopic (exact) mass is 580 g/mol. The molecule has 1 aliphatic heterocycles. The van der Waals surface area contributed by atoms with Gasteiger partial charge in [-0.25, -0.2) is 13.6 Å². The lowest BCUT2D eigenvalue weighted by Crippen LogP contribution is -2.40. The van der Waals surface area contributed by atoms with Crippen molar-refractivity contribution in [3.8, 4) is 11.5 Å². The van der Waals surface area contributed by atoms with Crippen molar-refractivity contribution in [3.63, 3.8) is 0 Å². The number of methoxy groups -OCH3 is 2. The van der Waals surface area contributed by atoms with Crippen LogP contribution in [0.25, 0.3) is 0 Å². The predicted octanol–water partition coefficient (Wildman–Crippen LogP) is 3.70. The maximum Gasteiger partial charge on any atom is 0.330 e. The van der Waals surface area contributed by atoms with Gasteiger partial charge >= 0.3 is 5.69 Å². The largest absolute Gasteiger partial charge is 0.497 e. The molecule has 0 amide bonds. The average molecular weight is 581 g/mol. The van der Waals surface area contributed by atoms with Gasteiger partial charge in [0.15, 0.2) is 0 Å². The van der Waals surface area contributed by atoms with E-state index in [1.165, 1.54) is 0 Å². The molecule has 2 N–H and O–H groups in total. The Balaban J connectivity index is 1.58. The number of aliphatic hydroxyl groups excluding tert-OH is 1. The Bertz CT molecular complexity index is 1540. The van der Waals surface area contributed by atoms with Crippen molar-refractivity contribution in [2.24, 2.45) is 5.92 Å². The number of ether oxygens (including phenoxy) is 4. The highest BCUT2D eigenvalue weighted by molar-refractivity contribution is 5.49. The van der Waals surface area contributed by atoms with Gasteiger partial charge in [-0.15, -0.1) is 0 Å². The minimum Gasteiger partial charge on any atom is -0.497 e. The first-order chi connectivity index (χ1) is 20.3. The number of halogens is 2. The SMILES string of the molecule is COc1ccc(C(OC[C@H]2O[C@@H](n3ccc(=O)[nH]c3=O)[C@@H](C(F)F)[C@@H]2O)(c2ccccc2)c2ccc(OC)cc2)cc1. The normalized spacial score (nSPS) is 20.5. The smallest absolute Gasteiger partial charge is 0.330 e. The second-order valence-electron chi connectivity index (χ2n) is 9.80. The molecule has 1 fully saturated rings. The summed E-state index contributed by atoms with van der Waals surface area (Å²) >= 11 is 0. The first-order valence-electron chi connectivity index (χ1n) is 13.2. The van der Waals surface area contributed by atoms with Gasteiger partial charge in [-0.05, 0) is 41.0 Å². The summed E-state index contributed by atoms with van der Waals surface area (Å²) in [6.45, 7) is -0.327. The van der Waals surface area contributed by atoms with E-state index in [2.05, 4.69) is 0 Å². The topological polar surface area (TPSA) is 112 Å². The van der Waals surface area contributed by atoms with Crippen molar-refractivity contribution >= 4 is 0 Å². The lowest BCUT2D eigenvalue weighted by Gasteiger charge is -2.37. The van der Waals surface area contributed by atoms with E-state index in [0.29, 0.717) is 22.6 Å². The average Bonchev–Trinajstić information content (AvgIpc) is 3.34. The molecule has 9 nitrogen and oxygen atoms in total. The molecular formula is C31H30F2N2O7. The molecule has 0 bridgehead atoms.